The molecule has 106 valence electrons. The number of nitrogens with one attached hydrogen (secondary N) is 1. The molecular weight excluding hydrogens is 344 g/mol. The summed E-state index contributed by atoms with van der Waals surface area (Å²) in [6.45, 7) is 0. The summed E-state index contributed by atoms with van der Waals surface area (Å²) < 4.78 is 27.8. The Bertz CT molecular complexity index is 592. The zero-order valence-corrected chi connectivity index (χ0v) is 13.3. The Morgan fingerprint density at radius 3 is 2.70 bits per heavy atom. The van der Waals surface area contributed by atoms with Gasteiger partial charge < -0.3 is 5.32 Å². The van der Waals surface area contributed by atoms with E-state index in [2.05, 4.69) is 21.2 Å². The number of rotatable bonds is 5. The van der Waals surface area contributed by atoms with Gasteiger partial charge >= 0.3 is 0 Å². The summed E-state index contributed by atoms with van der Waals surface area (Å²) in [5, 5.41) is 3.10. The fraction of sp³-hybridized carbons (Fsp3) is 0.200. The average molecular weight is 358 g/mol. The first-order valence-electron chi connectivity index (χ1n) is 6.10. The Morgan fingerprint density at radius 1 is 1.20 bits per heavy atom. The normalized spacial score (nSPS) is 12.4. The number of hydrogen-bond donors (Lipinski definition) is 1. The van der Waals surface area contributed by atoms with Crippen LogP contribution in [0, 0.1) is 11.6 Å². The molecule has 0 heterocycles. The van der Waals surface area contributed by atoms with Crippen LogP contribution in [-0.2, 0) is 0 Å². The Hall–Kier alpha value is -0.910. The van der Waals surface area contributed by atoms with Gasteiger partial charge in [0.2, 0.25) is 0 Å². The second-order valence-corrected chi connectivity index (χ2v) is 6.28. The van der Waals surface area contributed by atoms with Gasteiger partial charge in [-0.05, 0) is 43.4 Å². The Balaban J connectivity index is 2.11. The van der Waals surface area contributed by atoms with E-state index in [4.69, 9.17) is 0 Å². The maximum Gasteiger partial charge on any atom is 0.128 e. The molecule has 0 saturated heterocycles. The Morgan fingerprint density at radius 2 is 2.00 bits per heavy atom. The molecule has 1 N–H and O–H groups in total. The van der Waals surface area contributed by atoms with E-state index in [1.54, 1.807) is 25.2 Å². The van der Waals surface area contributed by atoms with Gasteiger partial charge in [0.05, 0.1) is 0 Å². The van der Waals surface area contributed by atoms with Gasteiger partial charge in [0, 0.05) is 26.7 Å². The van der Waals surface area contributed by atoms with Gasteiger partial charge in [-0.25, -0.2) is 8.78 Å². The third kappa shape index (κ3) is 4.04. The van der Waals surface area contributed by atoms with E-state index < -0.39 is 0 Å². The van der Waals surface area contributed by atoms with E-state index in [0.29, 0.717) is 11.3 Å². The van der Waals surface area contributed by atoms with Crippen LogP contribution in [0.2, 0.25) is 0 Å². The van der Waals surface area contributed by atoms with Crippen molar-refractivity contribution in [2.24, 2.45) is 0 Å². The molecule has 2 aromatic carbocycles. The van der Waals surface area contributed by atoms with Crippen molar-refractivity contribution in [1.82, 2.24) is 5.32 Å². The van der Waals surface area contributed by atoms with E-state index in [9.17, 15) is 8.78 Å². The lowest BCUT2D eigenvalue weighted by molar-refractivity contribution is 0.565. The topological polar surface area (TPSA) is 12.0 Å². The van der Waals surface area contributed by atoms with Crippen molar-refractivity contribution in [1.29, 1.82) is 0 Å². The van der Waals surface area contributed by atoms with Crippen LogP contribution < -0.4 is 5.32 Å². The van der Waals surface area contributed by atoms with Crippen LogP contribution in [0.3, 0.4) is 0 Å². The molecule has 1 atom stereocenters. The van der Waals surface area contributed by atoms with Gasteiger partial charge in [-0.15, -0.1) is 11.8 Å². The second kappa shape index (κ2) is 7.20. The molecule has 0 aliphatic rings. The molecule has 0 aliphatic heterocycles. The third-order valence-electron chi connectivity index (χ3n) is 2.89. The largest absolute Gasteiger partial charge is 0.312 e. The first kappa shape index (κ1) is 15.5. The SMILES string of the molecule is CNC(CSc1cccc(F)c1)c1cc(Br)ccc1F. The van der Waals surface area contributed by atoms with Crippen LogP contribution >= 0.6 is 27.7 Å². The van der Waals surface area contributed by atoms with Gasteiger partial charge in [0.15, 0.2) is 0 Å². The lowest BCUT2D eigenvalue weighted by atomic mass is 10.1. The number of halogens is 3. The standard InChI is InChI=1S/C15H14BrF2NS/c1-19-15(13-7-10(16)5-6-14(13)18)9-20-12-4-2-3-11(17)8-12/h2-8,15,19H,9H2,1H3. The summed E-state index contributed by atoms with van der Waals surface area (Å²) in [5.74, 6) is 0.116. The van der Waals surface area contributed by atoms with E-state index in [-0.39, 0.29) is 17.7 Å². The van der Waals surface area contributed by atoms with Crippen LogP contribution in [0.1, 0.15) is 11.6 Å². The highest BCUT2D eigenvalue weighted by Crippen LogP contribution is 2.28. The Kier molecular flexibility index (Phi) is 5.57. The van der Waals surface area contributed by atoms with E-state index in [0.717, 1.165) is 9.37 Å². The quantitative estimate of drug-likeness (QED) is 0.772. The predicted molar refractivity (Wildman–Crippen MR) is 83.0 cm³/mol. The van der Waals surface area contributed by atoms with Crippen molar-refractivity contribution >= 4 is 27.7 Å². The molecule has 0 spiro atoms. The van der Waals surface area contributed by atoms with Crippen LogP contribution in [0.4, 0.5) is 8.78 Å². The maximum absolute atomic E-state index is 13.9. The molecule has 1 unspecified atom stereocenters. The molecule has 2 aromatic rings. The fourth-order valence-electron chi connectivity index (χ4n) is 1.85. The minimum absolute atomic E-state index is 0.138. The fourth-order valence-corrected chi connectivity index (χ4v) is 3.30. The Labute approximate surface area is 129 Å². The van der Waals surface area contributed by atoms with Gasteiger partial charge in [0.1, 0.15) is 11.6 Å². The average Bonchev–Trinajstić information content (AvgIpc) is 2.43. The van der Waals surface area contributed by atoms with Gasteiger partial charge in [-0.3, -0.25) is 0 Å². The molecule has 20 heavy (non-hydrogen) atoms. The van der Waals surface area contributed by atoms with Crippen LogP contribution in [-0.4, -0.2) is 12.8 Å². The van der Waals surface area contributed by atoms with Crippen LogP contribution in [0.15, 0.2) is 51.8 Å². The third-order valence-corrected chi connectivity index (χ3v) is 4.48. The smallest absolute Gasteiger partial charge is 0.128 e. The summed E-state index contributed by atoms with van der Waals surface area (Å²) in [6, 6.07) is 11.1. The monoisotopic (exact) mass is 357 g/mol. The summed E-state index contributed by atoms with van der Waals surface area (Å²) in [7, 11) is 1.79. The first-order valence-corrected chi connectivity index (χ1v) is 7.88. The van der Waals surface area contributed by atoms with Gasteiger partial charge in [0.25, 0.3) is 0 Å². The zero-order chi connectivity index (χ0) is 14.5. The molecule has 0 amide bonds. The lowest BCUT2D eigenvalue weighted by Crippen LogP contribution is -2.20. The van der Waals surface area contributed by atoms with E-state index >= 15 is 0 Å². The first-order chi connectivity index (χ1) is 9.60. The molecule has 2 rings (SSSR count). The number of benzene rings is 2. The molecular formula is C15H14BrF2NS. The lowest BCUT2D eigenvalue weighted by Gasteiger charge is -2.17. The van der Waals surface area contributed by atoms with Crippen molar-refractivity contribution < 1.29 is 8.78 Å². The van der Waals surface area contributed by atoms with E-state index in [1.165, 1.54) is 30.0 Å². The maximum atomic E-state index is 13.9. The highest BCUT2D eigenvalue weighted by molar-refractivity contribution is 9.10. The molecule has 1 nitrogen and oxygen atoms in total. The summed E-state index contributed by atoms with van der Waals surface area (Å²) in [5.41, 5.74) is 0.603. The predicted octanol–water partition coefficient (Wildman–Crippen LogP) is 4.78. The highest BCUT2D eigenvalue weighted by Gasteiger charge is 2.15. The van der Waals surface area contributed by atoms with Crippen molar-refractivity contribution in [3.05, 3.63) is 64.1 Å². The van der Waals surface area contributed by atoms with E-state index in [1.807, 2.05) is 6.07 Å². The van der Waals surface area contributed by atoms with Crippen molar-refractivity contribution in [3.8, 4) is 0 Å². The van der Waals surface area contributed by atoms with Gasteiger partial charge in [-0.2, -0.15) is 0 Å². The molecule has 0 radical (unpaired) electrons. The van der Waals surface area contributed by atoms with Crippen molar-refractivity contribution in [2.45, 2.75) is 10.9 Å². The zero-order valence-electron chi connectivity index (χ0n) is 10.9. The van der Waals surface area contributed by atoms with Crippen LogP contribution in [0.25, 0.3) is 0 Å². The van der Waals surface area contributed by atoms with Crippen molar-refractivity contribution in [3.63, 3.8) is 0 Å². The highest BCUT2D eigenvalue weighted by atomic mass is 79.9. The van der Waals surface area contributed by atoms with Crippen molar-refractivity contribution in [2.75, 3.05) is 12.8 Å². The summed E-state index contributed by atoms with van der Waals surface area (Å²) >= 11 is 4.84. The molecule has 0 saturated carbocycles. The molecule has 0 bridgehead atoms. The summed E-state index contributed by atoms with van der Waals surface area (Å²) in [4.78, 5) is 0.834. The van der Waals surface area contributed by atoms with Gasteiger partial charge in [-0.1, -0.05) is 22.0 Å². The minimum Gasteiger partial charge on any atom is -0.312 e. The molecule has 0 fully saturated rings. The molecule has 5 heteroatoms. The summed E-state index contributed by atoms with van der Waals surface area (Å²) in [6.07, 6.45) is 0. The minimum atomic E-state index is -0.260. The molecule has 0 aromatic heterocycles. The molecule has 0 aliphatic carbocycles. The number of hydrogen-bond acceptors (Lipinski definition) is 2. The van der Waals surface area contributed by atoms with Crippen LogP contribution in [0.5, 0.6) is 0 Å². The second-order valence-electron chi connectivity index (χ2n) is 4.28. The number of thioether (sulfide) groups is 1.